The fraction of sp³-hybridized carbons (Fsp3) is 0.450. The summed E-state index contributed by atoms with van der Waals surface area (Å²) in [5, 5.41) is 3.54. The molecule has 7 heteroatoms. The van der Waals surface area contributed by atoms with Crippen LogP contribution < -0.4 is 15.8 Å². The molecule has 2 N–H and O–H groups in total. The van der Waals surface area contributed by atoms with Gasteiger partial charge in [-0.3, -0.25) is 9.59 Å². The molecule has 0 bridgehead atoms. The van der Waals surface area contributed by atoms with Crippen molar-refractivity contribution < 1.29 is 4.79 Å². The molecule has 0 radical (unpaired) electrons. The van der Waals surface area contributed by atoms with E-state index in [9.17, 15) is 9.59 Å². The van der Waals surface area contributed by atoms with Crippen LogP contribution in [0.2, 0.25) is 0 Å². The minimum atomic E-state index is -0.182. The zero-order valence-corrected chi connectivity index (χ0v) is 16.2. The molecular weight excluding hydrogens is 342 g/mol. The number of nitrogens with one attached hydrogen (secondary N) is 2. The minimum absolute atomic E-state index is 0.0126. The number of pyridine rings is 2. The largest absolute Gasteiger partial charge is 0.381 e. The molecule has 1 atom stereocenters. The van der Waals surface area contributed by atoms with Crippen LogP contribution in [0.1, 0.15) is 35.3 Å². The van der Waals surface area contributed by atoms with Gasteiger partial charge in [0.2, 0.25) is 5.56 Å². The molecule has 2 aromatic rings. The number of hydrogen-bond acceptors (Lipinski definition) is 5. The Morgan fingerprint density at radius 1 is 1.22 bits per heavy atom. The molecule has 1 fully saturated rings. The van der Waals surface area contributed by atoms with Crippen molar-refractivity contribution in [2.75, 3.05) is 37.4 Å². The van der Waals surface area contributed by atoms with Crippen LogP contribution in [-0.2, 0) is 0 Å². The van der Waals surface area contributed by atoms with E-state index in [0.29, 0.717) is 23.8 Å². The molecule has 3 rings (SSSR count). The first kappa shape index (κ1) is 18.9. The van der Waals surface area contributed by atoms with Crippen LogP contribution in [0.3, 0.4) is 0 Å². The quantitative estimate of drug-likeness (QED) is 0.864. The number of nitrogens with zero attached hydrogens (tertiary/aromatic N) is 3. The number of hydrogen-bond donors (Lipinski definition) is 2. The smallest absolute Gasteiger partial charge is 0.255 e. The van der Waals surface area contributed by atoms with E-state index < -0.39 is 0 Å². The van der Waals surface area contributed by atoms with Crippen LogP contribution in [0.4, 0.5) is 11.5 Å². The lowest BCUT2D eigenvalue weighted by atomic mass is 10.1. The normalized spacial score (nSPS) is 17.3. The number of likely N-dealkylation sites (tertiary alicyclic amines) is 1. The van der Waals surface area contributed by atoms with Gasteiger partial charge in [0.1, 0.15) is 5.82 Å². The molecule has 1 saturated heterocycles. The van der Waals surface area contributed by atoms with Gasteiger partial charge in [-0.05, 0) is 44.4 Å². The minimum Gasteiger partial charge on any atom is -0.381 e. The maximum atomic E-state index is 12.8. The summed E-state index contributed by atoms with van der Waals surface area (Å²) in [6.07, 6.45) is 4.68. The van der Waals surface area contributed by atoms with Gasteiger partial charge in [0.15, 0.2) is 0 Å². The molecule has 0 aromatic carbocycles. The van der Waals surface area contributed by atoms with Crippen LogP contribution in [0.25, 0.3) is 0 Å². The van der Waals surface area contributed by atoms with E-state index in [1.54, 1.807) is 13.0 Å². The Morgan fingerprint density at radius 3 is 2.70 bits per heavy atom. The van der Waals surface area contributed by atoms with Gasteiger partial charge in [0.05, 0.1) is 17.4 Å². The monoisotopic (exact) mass is 369 g/mol. The third-order valence-corrected chi connectivity index (χ3v) is 4.94. The summed E-state index contributed by atoms with van der Waals surface area (Å²) in [6.45, 7) is 3.19. The number of rotatable bonds is 4. The Labute approximate surface area is 159 Å². The van der Waals surface area contributed by atoms with Gasteiger partial charge in [-0.2, -0.15) is 0 Å². The van der Waals surface area contributed by atoms with Gasteiger partial charge >= 0.3 is 0 Å². The average molecular weight is 369 g/mol. The number of carbonyl (C=O) groups excluding carboxylic acids is 1. The van der Waals surface area contributed by atoms with E-state index in [2.05, 4.69) is 15.3 Å². The first-order chi connectivity index (χ1) is 12.9. The third kappa shape index (κ3) is 4.67. The van der Waals surface area contributed by atoms with Crippen molar-refractivity contribution in [2.45, 2.75) is 32.2 Å². The lowest BCUT2D eigenvalue weighted by Crippen LogP contribution is -2.33. The summed E-state index contributed by atoms with van der Waals surface area (Å²) < 4.78 is 0. The summed E-state index contributed by atoms with van der Waals surface area (Å²) in [6, 6.07) is 7.38. The number of anilines is 2. The molecule has 144 valence electrons. The highest BCUT2D eigenvalue weighted by Crippen LogP contribution is 2.19. The fourth-order valence-corrected chi connectivity index (χ4v) is 3.40. The highest BCUT2D eigenvalue weighted by Gasteiger charge is 2.22. The van der Waals surface area contributed by atoms with Gasteiger partial charge in [-0.15, -0.1) is 0 Å². The zero-order chi connectivity index (χ0) is 19.4. The lowest BCUT2D eigenvalue weighted by molar-refractivity contribution is 0.0760. The Morgan fingerprint density at radius 2 is 2.04 bits per heavy atom. The summed E-state index contributed by atoms with van der Waals surface area (Å²) in [5.41, 5.74) is 2.02. The standard InChI is InChI=1S/C20H27N5O2/c1-14-17(7-9-19(26)22-14)20(27)25-11-4-5-15(10-12-25)23-16-6-8-18(21-13-16)24(2)3/h6-9,13,15,23H,4-5,10-12H2,1-3H3,(H,22,26)/t15-/m0/s1. The number of aromatic amines is 1. The van der Waals surface area contributed by atoms with Gasteiger partial charge < -0.3 is 20.1 Å². The van der Waals surface area contributed by atoms with Crippen molar-refractivity contribution in [3.8, 4) is 0 Å². The molecule has 1 aliphatic rings. The zero-order valence-electron chi connectivity index (χ0n) is 16.2. The van der Waals surface area contributed by atoms with Crippen LogP contribution >= 0.6 is 0 Å². The van der Waals surface area contributed by atoms with E-state index in [1.807, 2.05) is 42.2 Å². The predicted octanol–water partition coefficient (Wildman–Crippen LogP) is 2.25. The van der Waals surface area contributed by atoms with E-state index in [-0.39, 0.29) is 11.5 Å². The second-order valence-corrected chi connectivity index (χ2v) is 7.23. The highest BCUT2D eigenvalue weighted by molar-refractivity contribution is 5.95. The topological polar surface area (TPSA) is 81.3 Å². The Kier molecular flexibility index (Phi) is 5.78. The number of aryl methyl sites for hydroxylation is 1. The van der Waals surface area contributed by atoms with E-state index in [1.165, 1.54) is 6.07 Å². The Balaban J connectivity index is 1.61. The molecule has 0 aliphatic carbocycles. The highest BCUT2D eigenvalue weighted by atomic mass is 16.2. The van der Waals surface area contributed by atoms with E-state index in [4.69, 9.17) is 0 Å². The van der Waals surface area contributed by atoms with Crippen molar-refractivity contribution in [3.05, 3.63) is 52.1 Å². The molecule has 7 nitrogen and oxygen atoms in total. The first-order valence-electron chi connectivity index (χ1n) is 9.33. The molecule has 1 amide bonds. The number of aromatic nitrogens is 2. The molecule has 27 heavy (non-hydrogen) atoms. The molecule has 0 spiro atoms. The van der Waals surface area contributed by atoms with Gasteiger partial charge in [-0.25, -0.2) is 4.98 Å². The summed E-state index contributed by atoms with van der Waals surface area (Å²) in [7, 11) is 3.94. The second-order valence-electron chi connectivity index (χ2n) is 7.23. The third-order valence-electron chi connectivity index (χ3n) is 4.94. The first-order valence-corrected chi connectivity index (χ1v) is 9.33. The van der Waals surface area contributed by atoms with Crippen LogP contribution in [-0.4, -0.2) is 54.0 Å². The van der Waals surface area contributed by atoms with Crippen molar-refractivity contribution in [3.63, 3.8) is 0 Å². The summed E-state index contributed by atoms with van der Waals surface area (Å²) >= 11 is 0. The molecule has 3 heterocycles. The van der Waals surface area contributed by atoms with Crippen LogP contribution in [0, 0.1) is 6.92 Å². The summed E-state index contributed by atoms with van der Waals surface area (Å²) in [5.74, 6) is 0.913. The maximum absolute atomic E-state index is 12.8. The maximum Gasteiger partial charge on any atom is 0.255 e. The van der Waals surface area contributed by atoms with Crippen LogP contribution in [0.5, 0.6) is 0 Å². The molecule has 0 unspecified atom stereocenters. The van der Waals surface area contributed by atoms with Crippen LogP contribution in [0.15, 0.2) is 35.3 Å². The SMILES string of the molecule is Cc1[nH]c(=O)ccc1C(=O)N1CCC[C@H](Nc2ccc(N(C)C)nc2)CC1. The predicted molar refractivity (Wildman–Crippen MR) is 108 cm³/mol. The molecule has 2 aromatic heterocycles. The fourth-order valence-electron chi connectivity index (χ4n) is 3.40. The summed E-state index contributed by atoms with van der Waals surface area (Å²) in [4.78, 5) is 35.2. The van der Waals surface area contributed by atoms with Gasteiger partial charge in [0.25, 0.3) is 5.91 Å². The van der Waals surface area contributed by atoms with Crippen molar-refractivity contribution in [1.29, 1.82) is 0 Å². The average Bonchev–Trinajstić information content (AvgIpc) is 2.87. The number of amides is 1. The lowest BCUT2D eigenvalue weighted by Gasteiger charge is -2.22. The molecule has 0 saturated carbocycles. The Bertz CT molecular complexity index is 844. The number of carbonyl (C=O) groups is 1. The van der Waals surface area contributed by atoms with E-state index >= 15 is 0 Å². The molecular formula is C20H27N5O2. The van der Waals surface area contributed by atoms with Gasteiger partial charge in [-0.1, -0.05) is 0 Å². The van der Waals surface area contributed by atoms with E-state index in [0.717, 1.165) is 37.3 Å². The number of H-pyrrole nitrogens is 1. The molecule has 1 aliphatic heterocycles. The van der Waals surface area contributed by atoms with Crippen molar-refractivity contribution in [2.24, 2.45) is 0 Å². The van der Waals surface area contributed by atoms with Crippen molar-refractivity contribution >= 4 is 17.4 Å². The Hall–Kier alpha value is -2.83. The second kappa shape index (κ2) is 8.24. The van der Waals surface area contributed by atoms with Crippen molar-refractivity contribution in [1.82, 2.24) is 14.9 Å². The van der Waals surface area contributed by atoms with Gasteiger partial charge in [0, 0.05) is 45.0 Å².